The Morgan fingerprint density at radius 2 is 2.21 bits per heavy atom. The summed E-state index contributed by atoms with van der Waals surface area (Å²) < 4.78 is 15.0. The number of benzene rings is 1. The van der Waals surface area contributed by atoms with Crippen molar-refractivity contribution in [1.82, 2.24) is 14.8 Å². The van der Waals surface area contributed by atoms with Gasteiger partial charge in [-0.2, -0.15) is 0 Å². The first-order valence-corrected chi connectivity index (χ1v) is 7.21. The summed E-state index contributed by atoms with van der Waals surface area (Å²) in [5, 5.41) is 9.08. The highest BCUT2D eigenvalue weighted by Gasteiger charge is 2.10. The van der Waals surface area contributed by atoms with Crippen LogP contribution >= 0.6 is 23.4 Å². The van der Waals surface area contributed by atoms with Crippen molar-refractivity contribution in [3.8, 4) is 0 Å². The summed E-state index contributed by atoms with van der Waals surface area (Å²) in [6.45, 7) is 3.15. The van der Waals surface area contributed by atoms with Gasteiger partial charge in [0, 0.05) is 12.3 Å². The second kappa shape index (κ2) is 6.36. The van der Waals surface area contributed by atoms with Crippen molar-refractivity contribution in [3.05, 3.63) is 40.4 Å². The molecular formula is C12H14ClFN4S. The van der Waals surface area contributed by atoms with E-state index in [-0.39, 0.29) is 5.02 Å². The average molecular weight is 301 g/mol. The highest BCUT2D eigenvalue weighted by molar-refractivity contribution is 7.98. The molecule has 0 aliphatic rings. The zero-order chi connectivity index (χ0) is 13.8. The van der Waals surface area contributed by atoms with Gasteiger partial charge < -0.3 is 10.3 Å². The summed E-state index contributed by atoms with van der Waals surface area (Å²) in [5.41, 5.74) is 6.53. The third-order valence-corrected chi connectivity index (χ3v) is 3.97. The molecule has 2 aromatic rings. The maximum Gasteiger partial charge on any atom is 0.191 e. The van der Waals surface area contributed by atoms with E-state index in [1.54, 1.807) is 12.1 Å². The van der Waals surface area contributed by atoms with Crippen molar-refractivity contribution in [3.63, 3.8) is 0 Å². The SMILES string of the molecule is CCn1c(CN)nnc1SCc1ccc(F)c(Cl)c1. The Morgan fingerprint density at radius 1 is 1.42 bits per heavy atom. The molecule has 0 atom stereocenters. The first-order valence-electron chi connectivity index (χ1n) is 5.84. The third kappa shape index (κ3) is 3.26. The van der Waals surface area contributed by atoms with Crippen LogP contribution in [0.3, 0.4) is 0 Å². The molecule has 0 aliphatic heterocycles. The molecule has 1 aromatic heterocycles. The van der Waals surface area contributed by atoms with Gasteiger partial charge in [-0.3, -0.25) is 0 Å². The van der Waals surface area contributed by atoms with Crippen LogP contribution < -0.4 is 5.73 Å². The minimum atomic E-state index is -0.405. The standard InChI is InChI=1S/C12H14ClFN4S/c1-2-18-11(6-15)16-17-12(18)19-7-8-3-4-10(14)9(13)5-8/h3-5H,2,6-7,15H2,1H3. The van der Waals surface area contributed by atoms with Gasteiger partial charge in [0.15, 0.2) is 5.16 Å². The minimum absolute atomic E-state index is 0.137. The van der Waals surface area contributed by atoms with Crippen LogP contribution in [-0.4, -0.2) is 14.8 Å². The lowest BCUT2D eigenvalue weighted by Gasteiger charge is -2.06. The summed E-state index contributed by atoms with van der Waals surface area (Å²) >= 11 is 7.27. The van der Waals surface area contributed by atoms with Crippen molar-refractivity contribution >= 4 is 23.4 Å². The maximum atomic E-state index is 13.1. The van der Waals surface area contributed by atoms with E-state index in [9.17, 15) is 4.39 Å². The van der Waals surface area contributed by atoms with Gasteiger partial charge >= 0.3 is 0 Å². The van der Waals surface area contributed by atoms with Crippen molar-refractivity contribution in [2.75, 3.05) is 0 Å². The number of rotatable bonds is 5. The molecule has 0 unspecified atom stereocenters. The number of nitrogens with zero attached hydrogens (tertiary/aromatic N) is 3. The second-order valence-corrected chi connectivity index (χ2v) is 5.23. The molecule has 0 radical (unpaired) electrons. The predicted molar refractivity (Wildman–Crippen MR) is 74.6 cm³/mol. The molecule has 1 aromatic carbocycles. The third-order valence-electron chi connectivity index (χ3n) is 2.64. The van der Waals surface area contributed by atoms with Crippen LogP contribution in [-0.2, 0) is 18.8 Å². The topological polar surface area (TPSA) is 56.7 Å². The molecule has 0 spiro atoms. The van der Waals surface area contributed by atoms with Gasteiger partial charge in [-0.1, -0.05) is 29.4 Å². The van der Waals surface area contributed by atoms with Crippen molar-refractivity contribution < 1.29 is 4.39 Å². The number of thioether (sulfide) groups is 1. The first-order chi connectivity index (χ1) is 9.15. The minimum Gasteiger partial charge on any atom is -0.324 e. The molecule has 4 nitrogen and oxygen atoms in total. The van der Waals surface area contributed by atoms with Crippen LogP contribution in [0.4, 0.5) is 4.39 Å². The fraction of sp³-hybridized carbons (Fsp3) is 0.333. The Morgan fingerprint density at radius 3 is 2.84 bits per heavy atom. The molecule has 7 heteroatoms. The maximum absolute atomic E-state index is 13.1. The molecule has 1 heterocycles. The van der Waals surface area contributed by atoms with E-state index in [0.717, 1.165) is 23.1 Å². The summed E-state index contributed by atoms with van der Waals surface area (Å²) in [5.74, 6) is 1.02. The van der Waals surface area contributed by atoms with E-state index in [0.29, 0.717) is 12.3 Å². The lowest BCUT2D eigenvalue weighted by Crippen LogP contribution is -2.08. The Hall–Kier alpha value is -1.11. The van der Waals surface area contributed by atoms with Gasteiger partial charge in [0.05, 0.1) is 11.6 Å². The number of halogens is 2. The summed E-state index contributed by atoms with van der Waals surface area (Å²) in [6, 6.07) is 4.71. The van der Waals surface area contributed by atoms with Crippen LogP contribution in [0.5, 0.6) is 0 Å². The van der Waals surface area contributed by atoms with Crippen LogP contribution in [0.2, 0.25) is 5.02 Å². The monoisotopic (exact) mass is 300 g/mol. The highest BCUT2D eigenvalue weighted by Crippen LogP contribution is 2.24. The number of nitrogens with two attached hydrogens (primary N) is 1. The smallest absolute Gasteiger partial charge is 0.191 e. The van der Waals surface area contributed by atoms with Gasteiger partial charge in [0.25, 0.3) is 0 Å². The predicted octanol–water partition coefficient (Wildman–Crippen LogP) is 2.84. The Balaban J connectivity index is 2.09. The van der Waals surface area contributed by atoms with Crippen molar-refractivity contribution in [2.45, 2.75) is 30.9 Å². The normalized spacial score (nSPS) is 10.9. The summed E-state index contributed by atoms with van der Waals surface area (Å²) in [4.78, 5) is 0. The number of aromatic nitrogens is 3. The van der Waals surface area contributed by atoms with Crippen molar-refractivity contribution in [2.24, 2.45) is 5.73 Å². The van der Waals surface area contributed by atoms with Crippen LogP contribution in [0.1, 0.15) is 18.3 Å². The van der Waals surface area contributed by atoms with E-state index >= 15 is 0 Å². The first kappa shape index (κ1) is 14.3. The van der Waals surface area contributed by atoms with Gasteiger partial charge in [0.2, 0.25) is 0 Å². The summed E-state index contributed by atoms with van der Waals surface area (Å²) in [6.07, 6.45) is 0. The molecule has 102 valence electrons. The van der Waals surface area contributed by atoms with Gasteiger partial charge in [-0.05, 0) is 24.6 Å². The zero-order valence-corrected chi connectivity index (χ0v) is 12.0. The number of hydrogen-bond donors (Lipinski definition) is 1. The highest BCUT2D eigenvalue weighted by atomic mass is 35.5. The molecule has 0 saturated carbocycles. The summed E-state index contributed by atoms with van der Waals surface area (Å²) in [7, 11) is 0. The molecule has 19 heavy (non-hydrogen) atoms. The fourth-order valence-corrected chi connectivity index (χ4v) is 2.84. The van der Waals surface area contributed by atoms with Gasteiger partial charge in [-0.15, -0.1) is 10.2 Å². The zero-order valence-electron chi connectivity index (χ0n) is 10.4. The van der Waals surface area contributed by atoms with E-state index in [2.05, 4.69) is 10.2 Å². The Labute approximate surface area is 120 Å². The lowest BCUT2D eigenvalue weighted by molar-refractivity contribution is 0.627. The molecule has 0 aliphatic carbocycles. The van der Waals surface area contributed by atoms with Crippen LogP contribution in [0, 0.1) is 5.82 Å². The molecule has 0 saturated heterocycles. The Bertz CT molecular complexity index is 573. The molecule has 0 fully saturated rings. The van der Waals surface area contributed by atoms with Gasteiger partial charge in [-0.25, -0.2) is 4.39 Å². The molecular weight excluding hydrogens is 287 g/mol. The van der Waals surface area contributed by atoms with E-state index in [4.69, 9.17) is 17.3 Å². The van der Waals surface area contributed by atoms with E-state index < -0.39 is 5.82 Å². The van der Waals surface area contributed by atoms with Gasteiger partial charge in [0.1, 0.15) is 11.6 Å². The van der Waals surface area contributed by atoms with Crippen LogP contribution in [0.15, 0.2) is 23.4 Å². The molecule has 2 rings (SSSR count). The average Bonchev–Trinajstić information content (AvgIpc) is 2.82. The molecule has 2 N–H and O–H groups in total. The fourth-order valence-electron chi connectivity index (χ4n) is 1.67. The van der Waals surface area contributed by atoms with Crippen molar-refractivity contribution in [1.29, 1.82) is 0 Å². The molecule has 0 amide bonds. The van der Waals surface area contributed by atoms with E-state index in [1.165, 1.54) is 17.8 Å². The quantitative estimate of drug-likeness (QED) is 0.863. The number of hydrogen-bond acceptors (Lipinski definition) is 4. The lowest BCUT2D eigenvalue weighted by atomic mass is 10.2. The Kier molecular flexibility index (Phi) is 4.79. The molecule has 0 bridgehead atoms. The largest absolute Gasteiger partial charge is 0.324 e. The van der Waals surface area contributed by atoms with Crippen LogP contribution in [0.25, 0.3) is 0 Å². The van der Waals surface area contributed by atoms with E-state index in [1.807, 2.05) is 11.5 Å². The second-order valence-electron chi connectivity index (χ2n) is 3.88.